The van der Waals surface area contributed by atoms with E-state index in [0.29, 0.717) is 6.61 Å². The summed E-state index contributed by atoms with van der Waals surface area (Å²) in [5.74, 6) is 0. The molecule has 0 saturated carbocycles. The second-order valence-corrected chi connectivity index (χ2v) is 3.54. The van der Waals surface area contributed by atoms with Gasteiger partial charge >= 0.3 is 0 Å². The van der Waals surface area contributed by atoms with E-state index in [1.54, 1.807) is 5.51 Å². The SMILES string of the molecule is NC1(c2nncs2)CCOC1. The lowest BCUT2D eigenvalue weighted by Crippen LogP contribution is -2.36. The van der Waals surface area contributed by atoms with Crippen molar-refractivity contribution in [2.75, 3.05) is 13.2 Å². The Morgan fingerprint density at radius 2 is 2.64 bits per heavy atom. The molecule has 2 heterocycles. The van der Waals surface area contributed by atoms with Crippen LogP contribution in [0.15, 0.2) is 5.51 Å². The zero-order valence-corrected chi connectivity index (χ0v) is 6.80. The number of nitrogens with zero attached hydrogens (tertiary/aromatic N) is 2. The van der Waals surface area contributed by atoms with Crippen molar-refractivity contribution < 1.29 is 4.74 Å². The highest BCUT2D eigenvalue weighted by Crippen LogP contribution is 2.27. The lowest BCUT2D eigenvalue weighted by atomic mass is 10.0. The molecule has 0 radical (unpaired) electrons. The summed E-state index contributed by atoms with van der Waals surface area (Å²) in [5.41, 5.74) is 7.34. The van der Waals surface area contributed by atoms with E-state index in [2.05, 4.69) is 10.2 Å². The summed E-state index contributed by atoms with van der Waals surface area (Å²) >= 11 is 1.49. The third-order valence-electron chi connectivity index (χ3n) is 1.84. The number of hydrogen-bond donors (Lipinski definition) is 1. The molecule has 4 nitrogen and oxygen atoms in total. The number of ether oxygens (including phenoxy) is 1. The normalized spacial score (nSPS) is 31.0. The van der Waals surface area contributed by atoms with Gasteiger partial charge in [0.2, 0.25) is 0 Å². The molecule has 11 heavy (non-hydrogen) atoms. The van der Waals surface area contributed by atoms with Crippen molar-refractivity contribution in [3.8, 4) is 0 Å². The van der Waals surface area contributed by atoms with Crippen molar-refractivity contribution in [3.05, 3.63) is 10.5 Å². The highest BCUT2D eigenvalue weighted by molar-refractivity contribution is 7.09. The molecular formula is C6H9N3OS. The summed E-state index contributed by atoms with van der Waals surface area (Å²) < 4.78 is 5.20. The molecule has 0 amide bonds. The smallest absolute Gasteiger partial charge is 0.139 e. The second kappa shape index (κ2) is 2.51. The maximum absolute atomic E-state index is 6.01. The molecule has 1 aliphatic heterocycles. The zero-order valence-electron chi connectivity index (χ0n) is 5.99. The maximum Gasteiger partial charge on any atom is 0.139 e. The Hall–Kier alpha value is -0.520. The number of aromatic nitrogens is 2. The molecule has 1 fully saturated rings. The molecule has 5 heteroatoms. The van der Waals surface area contributed by atoms with Gasteiger partial charge in [-0.15, -0.1) is 21.5 Å². The van der Waals surface area contributed by atoms with Crippen molar-refractivity contribution in [3.63, 3.8) is 0 Å². The van der Waals surface area contributed by atoms with E-state index in [9.17, 15) is 0 Å². The molecule has 1 atom stereocenters. The molecule has 0 bridgehead atoms. The first kappa shape index (κ1) is 7.15. The summed E-state index contributed by atoms with van der Waals surface area (Å²) in [6.45, 7) is 1.30. The van der Waals surface area contributed by atoms with Crippen LogP contribution in [0.5, 0.6) is 0 Å². The third kappa shape index (κ3) is 1.15. The Morgan fingerprint density at radius 1 is 1.73 bits per heavy atom. The van der Waals surface area contributed by atoms with Gasteiger partial charge in [-0.3, -0.25) is 0 Å². The number of hydrogen-bond acceptors (Lipinski definition) is 5. The molecule has 1 aromatic heterocycles. The van der Waals surface area contributed by atoms with Crippen LogP contribution in [0.3, 0.4) is 0 Å². The average molecular weight is 171 g/mol. The Morgan fingerprint density at radius 3 is 3.18 bits per heavy atom. The summed E-state index contributed by atoms with van der Waals surface area (Å²) in [5, 5.41) is 8.56. The molecular weight excluding hydrogens is 162 g/mol. The number of rotatable bonds is 1. The zero-order chi connectivity index (χ0) is 7.73. The number of nitrogens with two attached hydrogens (primary N) is 1. The van der Waals surface area contributed by atoms with E-state index in [4.69, 9.17) is 10.5 Å². The summed E-state index contributed by atoms with van der Waals surface area (Å²) in [6, 6.07) is 0. The lowest BCUT2D eigenvalue weighted by Gasteiger charge is -2.16. The first-order valence-corrected chi connectivity index (χ1v) is 4.32. The fourth-order valence-electron chi connectivity index (χ4n) is 1.14. The molecule has 0 aromatic carbocycles. The molecule has 1 aromatic rings. The van der Waals surface area contributed by atoms with E-state index in [-0.39, 0.29) is 5.54 Å². The van der Waals surface area contributed by atoms with Gasteiger partial charge in [0.05, 0.1) is 12.1 Å². The topological polar surface area (TPSA) is 61.0 Å². The van der Waals surface area contributed by atoms with Gasteiger partial charge in [-0.05, 0) is 6.42 Å². The minimum absolute atomic E-state index is 0.360. The maximum atomic E-state index is 6.01. The van der Waals surface area contributed by atoms with Gasteiger partial charge in [-0.2, -0.15) is 0 Å². The first-order valence-electron chi connectivity index (χ1n) is 3.44. The lowest BCUT2D eigenvalue weighted by molar-refractivity contribution is 0.178. The molecule has 0 aliphatic carbocycles. The summed E-state index contributed by atoms with van der Waals surface area (Å²) in [6.07, 6.45) is 0.849. The Labute approximate surface area is 68.4 Å². The Balaban J connectivity index is 2.27. The quantitative estimate of drug-likeness (QED) is 0.651. The molecule has 1 aliphatic rings. The standard InChI is InChI=1S/C6H9N3OS/c7-6(1-2-10-3-6)5-9-8-4-11-5/h4H,1-3,7H2. The van der Waals surface area contributed by atoms with Crippen LogP contribution in [0.25, 0.3) is 0 Å². The van der Waals surface area contributed by atoms with Crippen LogP contribution < -0.4 is 5.73 Å². The minimum atomic E-state index is -0.360. The monoisotopic (exact) mass is 171 g/mol. The van der Waals surface area contributed by atoms with E-state index in [0.717, 1.165) is 18.0 Å². The van der Waals surface area contributed by atoms with Gasteiger partial charge in [0.25, 0.3) is 0 Å². The fourth-order valence-corrected chi connectivity index (χ4v) is 1.82. The molecule has 0 spiro atoms. The highest BCUT2D eigenvalue weighted by atomic mass is 32.1. The van der Waals surface area contributed by atoms with Crippen LogP contribution in [-0.4, -0.2) is 23.4 Å². The van der Waals surface area contributed by atoms with E-state index < -0.39 is 0 Å². The first-order chi connectivity index (χ1) is 5.31. The largest absolute Gasteiger partial charge is 0.379 e. The van der Waals surface area contributed by atoms with E-state index >= 15 is 0 Å². The van der Waals surface area contributed by atoms with Gasteiger partial charge < -0.3 is 10.5 Å². The van der Waals surface area contributed by atoms with Gasteiger partial charge in [-0.1, -0.05) is 0 Å². The van der Waals surface area contributed by atoms with Crippen molar-refractivity contribution in [2.24, 2.45) is 5.73 Å². The van der Waals surface area contributed by atoms with Gasteiger partial charge in [0.15, 0.2) is 0 Å². The van der Waals surface area contributed by atoms with Crippen LogP contribution in [0.4, 0.5) is 0 Å². The third-order valence-corrected chi connectivity index (χ3v) is 2.75. The molecule has 1 saturated heterocycles. The van der Waals surface area contributed by atoms with Crippen molar-refractivity contribution in [1.29, 1.82) is 0 Å². The highest BCUT2D eigenvalue weighted by Gasteiger charge is 2.35. The van der Waals surface area contributed by atoms with Crippen LogP contribution in [-0.2, 0) is 10.3 Å². The summed E-state index contributed by atoms with van der Waals surface area (Å²) in [7, 11) is 0. The minimum Gasteiger partial charge on any atom is -0.379 e. The molecule has 2 rings (SSSR count). The van der Waals surface area contributed by atoms with Crippen LogP contribution in [0.1, 0.15) is 11.4 Å². The summed E-state index contributed by atoms with van der Waals surface area (Å²) in [4.78, 5) is 0. The van der Waals surface area contributed by atoms with Gasteiger partial charge in [0, 0.05) is 6.61 Å². The van der Waals surface area contributed by atoms with Crippen LogP contribution in [0.2, 0.25) is 0 Å². The van der Waals surface area contributed by atoms with Crippen molar-refractivity contribution in [2.45, 2.75) is 12.0 Å². The van der Waals surface area contributed by atoms with E-state index in [1.807, 2.05) is 0 Å². The van der Waals surface area contributed by atoms with Gasteiger partial charge in [-0.25, -0.2) is 0 Å². The van der Waals surface area contributed by atoms with Gasteiger partial charge in [0.1, 0.15) is 10.5 Å². The van der Waals surface area contributed by atoms with Crippen LogP contribution in [0, 0.1) is 0 Å². The predicted octanol–water partition coefficient (Wildman–Crippen LogP) is 0.112. The fraction of sp³-hybridized carbons (Fsp3) is 0.667. The average Bonchev–Trinajstić information content (AvgIpc) is 2.55. The van der Waals surface area contributed by atoms with Crippen molar-refractivity contribution >= 4 is 11.3 Å². The van der Waals surface area contributed by atoms with Crippen LogP contribution >= 0.6 is 11.3 Å². The van der Waals surface area contributed by atoms with E-state index in [1.165, 1.54) is 11.3 Å². The Kier molecular flexibility index (Phi) is 1.63. The Bertz CT molecular complexity index is 230. The van der Waals surface area contributed by atoms with Crippen molar-refractivity contribution in [1.82, 2.24) is 10.2 Å². The predicted molar refractivity (Wildman–Crippen MR) is 41.2 cm³/mol. The molecule has 60 valence electrons. The second-order valence-electron chi connectivity index (χ2n) is 2.70. The molecule has 2 N–H and O–H groups in total. The molecule has 1 unspecified atom stereocenters.